The Morgan fingerprint density at radius 3 is 2.50 bits per heavy atom. The van der Waals surface area contributed by atoms with Crippen molar-refractivity contribution in [2.45, 2.75) is 43.2 Å². The molecule has 0 aliphatic carbocycles. The molecule has 2 bridgehead atoms. The van der Waals surface area contributed by atoms with Crippen molar-refractivity contribution < 1.29 is 22.7 Å². The normalized spacial score (nSPS) is 20.5. The predicted octanol–water partition coefficient (Wildman–Crippen LogP) is 4.65. The first-order valence-corrected chi connectivity index (χ1v) is 15.7. The quantitative estimate of drug-likeness (QED) is 0.354. The predicted molar refractivity (Wildman–Crippen MR) is 162 cm³/mol. The highest BCUT2D eigenvalue weighted by Crippen LogP contribution is 2.39. The van der Waals surface area contributed by atoms with Crippen molar-refractivity contribution in [1.29, 1.82) is 0 Å². The first-order valence-electron chi connectivity index (χ1n) is 14.3. The van der Waals surface area contributed by atoms with E-state index in [2.05, 4.69) is 10.6 Å². The summed E-state index contributed by atoms with van der Waals surface area (Å²) in [7, 11) is -2.16. The highest BCUT2D eigenvalue weighted by atomic mass is 32.2. The molecule has 218 valence electrons. The summed E-state index contributed by atoms with van der Waals surface area (Å²) in [6.45, 7) is 3.64. The van der Waals surface area contributed by atoms with Crippen molar-refractivity contribution in [2.24, 2.45) is 0 Å². The molecule has 3 aliphatic heterocycles. The first-order chi connectivity index (χ1) is 20.3. The van der Waals surface area contributed by atoms with Crippen molar-refractivity contribution in [3.63, 3.8) is 0 Å². The molecule has 2 fully saturated rings. The molecule has 3 heterocycles. The number of ether oxygens (including phenoxy) is 1. The van der Waals surface area contributed by atoms with Gasteiger partial charge >= 0.3 is 0 Å². The van der Waals surface area contributed by atoms with Crippen LogP contribution in [0.4, 0.5) is 11.4 Å². The van der Waals surface area contributed by atoms with Crippen molar-refractivity contribution in [3.8, 4) is 0 Å². The second-order valence-corrected chi connectivity index (χ2v) is 13.0. The number of benzene rings is 3. The van der Waals surface area contributed by atoms with Crippen molar-refractivity contribution in [2.75, 3.05) is 37.4 Å². The monoisotopic (exact) mass is 586 g/mol. The van der Waals surface area contributed by atoms with Crippen LogP contribution in [-0.2, 0) is 19.6 Å². The molecule has 42 heavy (non-hydrogen) atoms. The smallest absolute Gasteiger partial charge is 0.258 e. The maximum absolute atomic E-state index is 13.4. The Bertz CT molecular complexity index is 1650. The molecule has 2 N–H and O–H groups in total. The van der Waals surface area contributed by atoms with Gasteiger partial charge in [0.15, 0.2) is 0 Å². The molecule has 3 aromatic carbocycles. The van der Waals surface area contributed by atoms with Gasteiger partial charge in [0.25, 0.3) is 11.8 Å². The van der Waals surface area contributed by atoms with Crippen LogP contribution in [0, 0.1) is 0 Å². The van der Waals surface area contributed by atoms with E-state index in [1.807, 2.05) is 54.3 Å². The minimum Gasteiger partial charge on any atom is -0.374 e. The fraction of sp³-hybridized carbons (Fsp3) is 0.312. The second kappa shape index (κ2) is 11.4. The largest absolute Gasteiger partial charge is 0.374 e. The van der Waals surface area contributed by atoms with Gasteiger partial charge in [-0.1, -0.05) is 43.7 Å². The average Bonchev–Trinajstić information content (AvgIpc) is 3.73. The van der Waals surface area contributed by atoms with Gasteiger partial charge in [0.1, 0.15) is 0 Å². The number of unbranched alkanes of at least 4 members (excludes halogenated alkanes) is 1. The van der Waals surface area contributed by atoms with Gasteiger partial charge in [0.2, 0.25) is 10.0 Å². The maximum Gasteiger partial charge on any atom is 0.258 e. The first kappa shape index (κ1) is 28.1. The van der Waals surface area contributed by atoms with E-state index in [1.165, 1.54) is 10.4 Å². The summed E-state index contributed by atoms with van der Waals surface area (Å²) in [6, 6.07) is 21.5. The molecule has 2 saturated heterocycles. The number of fused-ring (bicyclic) bond motifs is 3. The van der Waals surface area contributed by atoms with E-state index in [1.54, 1.807) is 31.3 Å². The third-order valence-electron chi connectivity index (χ3n) is 8.15. The number of anilines is 2. The summed E-state index contributed by atoms with van der Waals surface area (Å²) in [5, 5.41) is 6.28. The highest BCUT2D eigenvalue weighted by Gasteiger charge is 2.41. The SMILES string of the molecule is CCCCN(C)S(=O)(=O)c1ccc2c(c1)/C(=C(/Nc1ccc(C(=O)N3CC4CC3CO4)cc1)c1ccccc1)C(=O)N2. The molecule has 3 aromatic rings. The molecule has 0 aromatic heterocycles. The van der Waals surface area contributed by atoms with E-state index in [0.717, 1.165) is 24.8 Å². The minimum absolute atomic E-state index is 0.0132. The molecule has 9 nitrogen and oxygen atoms in total. The lowest BCUT2D eigenvalue weighted by molar-refractivity contribution is -0.110. The average molecular weight is 587 g/mol. The maximum atomic E-state index is 13.4. The minimum atomic E-state index is -3.74. The van der Waals surface area contributed by atoms with Crippen molar-refractivity contribution >= 4 is 44.5 Å². The summed E-state index contributed by atoms with van der Waals surface area (Å²) in [6.07, 6.45) is 2.66. The zero-order chi connectivity index (χ0) is 29.4. The standard InChI is InChI=1S/C32H34N4O5S/c1-3-4-16-35(2)42(39,40)26-14-15-28-27(18-26)29(31(37)34-28)30(21-8-6-5-7-9-21)33-23-12-10-22(11-13-23)32(38)36-19-25-17-24(36)20-41-25/h5-15,18,24-25,33H,3-4,16-17,19-20H2,1-2H3,(H,34,37)/b30-29-. The topological polar surface area (TPSA) is 108 Å². The Kier molecular flexibility index (Phi) is 7.61. The number of rotatable bonds is 9. The number of hydrogen-bond donors (Lipinski definition) is 2. The molecule has 3 aliphatic rings. The summed E-state index contributed by atoms with van der Waals surface area (Å²) in [5.41, 5.74) is 3.98. The fourth-order valence-corrected chi connectivity index (χ4v) is 7.01. The van der Waals surface area contributed by atoms with Crippen LogP contribution in [0.5, 0.6) is 0 Å². The lowest BCUT2D eigenvalue weighted by atomic mass is 10.00. The number of carbonyl (C=O) groups is 2. The molecule has 0 saturated carbocycles. The molecule has 10 heteroatoms. The van der Waals surface area contributed by atoms with Gasteiger partial charge in [-0.15, -0.1) is 0 Å². The highest BCUT2D eigenvalue weighted by molar-refractivity contribution is 7.89. The Balaban J connectivity index is 1.35. The molecule has 2 amide bonds. The van der Waals surface area contributed by atoms with Crippen LogP contribution in [0.2, 0.25) is 0 Å². The van der Waals surface area contributed by atoms with E-state index in [4.69, 9.17) is 4.74 Å². The number of morpholine rings is 1. The molecule has 6 rings (SSSR count). The molecule has 0 radical (unpaired) electrons. The van der Waals surface area contributed by atoms with Gasteiger partial charge in [0, 0.05) is 42.6 Å². The number of hydrogen-bond acceptors (Lipinski definition) is 6. The van der Waals surface area contributed by atoms with Crippen LogP contribution in [0.1, 0.15) is 47.7 Å². The fourth-order valence-electron chi connectivity index (χ4n) is 5.77. The molecule has 0 spiro atoms. The number of likely N-dealkylation sites (tertiary alicyclic amines) is 1. The van der Waals surface area contributed by atoms with E-state index < -0.39 is 10.0 Å². The Hall–Kier alpha value is -3.99. The lowest BCUT2D eigenvalue weighted by Gasteiger charge is -2.27. The third-order valence-corrected chi connectivity index (χ3v) is 10.00. The second-order valence-electron chi connectivity index (χ2n) is 11.0. The number of carbonyl (C=O) groups excluding carboxylic acids is 2. The lowest BCUT2D eigenvalue weighted by Crippen LogP contribution is -2.41. The van der Waals surface area contributed by atoms with Crippen LogP contribution in [0.15, 0.2) is 77.7 Å². The zero-order valence-corrected chi connectivity index (χ0v) is 24.5. The zero-order valence-electron chi connectivity index (χ0n) is 23.7. The van der Waals surface area contributed by atoms with Gasteiger partial charge in [-0.3, -0.25) is 9.59 Å². The summed E-state index contributed by atoms with van der Waals surface area (Å²) >= 11 is 0. The van der Waals surface area contributed by atoms with Crippen molar-refractivity contribution in [3.05, 3.63) is 89.5 Å². The Morgan fingerprint density at radius 2 is 1.83 bits per heavy atom. The van der Waals surface area contributed by atoms with E-state index >= 15 is 0 Å². The number of nitrogens with one attached hydrogen (secondary N) is 2. The third kappa shape index (κ3) is 5.21. The van der Waals surface area contributed by atoms with Gasteiger partial charge < -0.3 is 20.3 Å². The molecular weight excluding hydrogens is 552 g/mol. The Morgan fingerprint density at radius 1 is 1.07 bits per heavy atom. The van der Waals surface area contributed by atoms with Crippen LogP contribution < -0.4 is 10.6 Å². The summed E-state index contributed by atoms with van der Waals surface area (Å²) in [4.78, 5) is 28.5. The van der Waals surface area contributed by atoms with Crippen LogP contribution >= 0.6 is 0 Å². The number of nitrogens with zero attached hydrogens (tertiary/aromatic N) is 2. The molecular formula is C32H34N4O5S. The van der Waals surface area contributed by atoms with Gasteiger partial charge in [-0.25, -0.2) is 12.7 Å². The van der Waals surface area contributed by atoms with Gasteiger partial charge in [-0.05, 0) is 60.9 Å². The van der Waals surface area contributed by atoms with Crippen molar-refractivity contribution in [1.82, 2.24) is 9.21 Å². The number of amides is 2. The summed E-state index contributed by atoms with van der Waals surface area (Å²) in [5.74, 6) is -0.343. The van der Waals surface area contributed by atoms with E-state index in [0.29, 0.717) is 53.5 Å². The number of sulfonamides is 1. The van der Waals surface area contributed by atoms with Crippen LogP contribution in [-0.4, -0.2) is 68.3 Å². The molecule has 2 unspecified atom stereocenters. The molecule has 2 atom stereocenters. The summed E-state index contributed by atoms with van der Waals surface area (Å²) < 4.78 is 33.6. The van der Waals surface area contributed by atoms with Crippen LogP contribution in [0.25, 0.3) is 11.3 Å². The van der Waals surface area contributed by atoms with Gasteiger partial charge in [-0.2, -0.15) is 0 Å². The van der Waals surface area contributed by atoms with E-state index in [-0.39, 0.29) is 28.9 Å². The van der Waals surface area contributed by atoms with E-state index in [9.17, 15) is 18.0 Å². The Labute approximate surface area is 246 Å². The van der Waals surface area contributed by atoms with Crippen LogP contribution in [0.3, 0.4) is 0 Å². The van der Waals surface area contributed by atoms with Gasteiger partial charge in [0.05, 0.1) is 34.9 Å².